The second-order valence-electron chi connectivity index (χ2n) is 6.61. The van der Waals surface area contributed by atoms with E-state index in [1.54, 1.807) is 30.3 Å². The lowest BCUT2D eigenvalue weighted by Gasteiger charge is -2.12. The number of halogens is 2. The average Bonchev–Trinajstić information content (AvgIpc) is 3.22. The number of carbonyl (C=O) groups is 1. The summed E-state index contributed by atoms with van der Waals surface area (Å²) < 4.78 is 43.5. The Morgan fingerprint density at radius 2 is 1.66 bits per heavy atom. The van der Waals surface area contributed by atoms with Gasteiger partial charge in [-0.05, 0) is 54.6 Å². The molecule has 0 fully saturated rings. The molecule has 0 aliphatic carbocycles. The third-order valence-electron chi connectivity index (χ3n) is 4.33. The summed E-state index contributed by atoms with van der Waals surface area (Å²) in [5.74, 6) is 0.876. The van der Waals surface area contributed by atoms with Gasteiger partial charge in [0.05, 0.1) is 9.92 Å². The Balaban J connectivity index is 1.37. The SMILES string of the molecule is O=C(COc1ccc(S(=O)(=O)Nc2ccc(Cl)cc2)cc1Cl)Nc1ccc2c(c1)OCO2. The van der Waals surface area contributed by atoms with Crippen LogP contribution in [0.1, 0.15) is 0 Å². The lowest BCUT2D eigenvalue weighted by molar-refractivity contribution is -0.118. The second kappa shape index (κ2) is 9.15. The number of fused-ring (bicyclic) bond motifs is 1. The monoisotopic (exact) mass is 494 g/mol. The summed E-state index contributed by atoms with van der Waals surface area (Å²) >= 11 is 12.0. The Kier molecular flexibility index (Phi) is 6.31. The number of rotatable bonds is 7. The fraction of sp³-hybridized carbons (Fsp3) is 0.0952. The predicted molar refractivity (Wildman–Crippen MR) is 120 cm³/mol. The van der Waals surface area contributed by atoms with Crippen LogP contribution in [0.25, 0.3) is 0 Å². The molecule has 3 aromatic rings. The van der Waals surface area contributed by atoms with Crippen molar-refractivity contribution >= 4 is 50.5 Å². The van der Waals surface area contributed by atoms with E-state index in [1.807, 2.05) is 0 Å². The van der Waals surface area contributed by atoms with Crippen molar-refractivity contribution in [2.24, 2.45) is 0 Å². The molecule has 11 heteroatoms. The number of benzene rings is 3. The van der Waals surface area contributed by atoms with E-state index in [4.69, 9.17) is 37.4 Å². The van der Waals surface area contributed by atoms with Crippen molar-refractivity contribution < 1.29 is 27.4 Å². The molecule has 0 atom stereocenters. The van der Waals surface area contributed by atoms with Crippen LogP contribution in [0.2, 0.25) is 10.0 Å². The van der Waals surface area contributed by atoms with Crippen molar-refractivity contribution in [2.75, 3.05) is 23.4 Å². The van der Waals surface area contributed by atoms with Gasteiger partial charge in [0.1, 0.15) is 5.75 Å². The highest BCUT2D eigenvalue weighted by Gasteiger charge is 2.18. The number of nitrogens with one attached hydrogen (secondary N) is 2. The highest BCUT2D eigenvalue weighted by atomic mass is 35.5. The van der Waals surface area contributed by atoms with Crippen LogP contribution in [0.5, 0.6) is 17.2 Å². The van der Waals surface area contributed by atoms with Crippen LogP contribution in [0.15, 0.2) is 65.6 Å². The van der Waals surface area contributed by atoms with Gasteiger partial charge in [0.15, 0.2) is 18.1 Å². The van der Waals surface area contributed by atoms with Gasteiger partial charge in [-0.2, -0.15) is 0 Å². The molecular formula is C21H16Cl2N2O6S. The van der Waals surface area contributed by atoms with E-state index in [0.29, 0.717) is 27.9 Å². The highest BCUT2D eigenvalue weighted by molar-refractivity contribution is 7.92. The van der Waals surface area contributed by atoms with E-state index in [-0.39, 0.29) is 29.1 Å². The molecule has 0 saturated heterocycles. The molecule has 0 bridgehead atoms. The standard InChI is InChI=1S/C21H16Cl2N2O6S/c22-13-1-3-14(4-2-13)25-32(27,28)16-6-8-18(17(23)10-16)29-11-21(26)24-15-5-7-19-20(9-15)31-12-30-19/h1-10,25H,11-12H2,(H,24,26). The van der Waals surface area contributed by atoms with Crippen molar-refractivity contribution in [1.82, 2.24) is 0 Å². The maximum absolute atomic E-state index is 12.6. The molecule has 166 valence electrons. The fourth-order valence-electron chi connectivity index (χ4n) is 2.81. The van der Waals surface area contributed by atoms with Crippen LogP contribution in [-0.2, 0) is 14.8 Å². The first-order valence-corrected chi connectivity index (χ1v) is 11.4. The van der Waals surface area contributed by atoms with Crippen LogP contribution in [0.4, 0.5) is 11.4 Å². The van der Waals surface area contributed by atoms with Crippen LogP contribution < -0.4 is 24.2 Å². The van der Waals surface area contributed by atoms with Crippen LogP contribution >= 0.6 is 23.2 Å². The summed E-state index contributed by atoms with van der Waals surface area (Å²) in [7, 11) is -3.88. The first kappa shape index (κ1) is 22.1. The second-order valence-corrected chi connectivity index (χ2v) is 9.14. The molecule has 0 radical (unpaired) electrons. The highest BCUT2D eigenvalue weighted by Crippen LogP contribution is 2.34. The van der Waals surface area contributed by atoms with E-state index in [2.05, 4.69) is 10.0 Å². The van der Waals surface area contributed by atoms with Crippen molar-refractivity contribution in [1.29, 1.82) is 0 Å². The van der Waals surface area contributed by atoms with E-state index in [1.165, 1.54) is 30.3 Å². The fourth-order valence-corrected chi connectivity index (χ4v) is 4.32. The summed E-state index contributed by atoms with van der Waals surface area (Å²) in [6.45, 7) is -0.196. The Hall–Kier alpha value is -3.14. The van der Waals surface area contributed by atoms with Crippen LogP contribution in [0.3, 0.4) is 0 Å². The van der Waals surface area contributed by atoms with Gasteiger partial charge in [0, 0.05) is 22.5 Å². The smallest absolute Gasteiger partial charge is 0.262 e. The molecule has 0 unspecified atom stereocenters. The molecule has 1 aliphatic rings. The van der Waals surface area contributed by atoms with E-state index < -0.39 is 15.9 Å². The largest absolute Gasteiger partial charge is 0.482 e. The van der Waals surface area contributed by atoms with Gasteiger partial charge in [0.25, 0.3) is 15.9 Å². The molecule has 0 saturated carbocycles. The normalized spacial score (nSPS) is 12.3. The number of ether oxygens (including phenoxy) is 3. The number of sulfonamides is 1. The van der Waals surface area contributed by atoms with Gasteiger partial charge in [-0.1, -0.05) is 23.2 Å². The van der Waals surface area contributed by atoms with E-state index >= 15 is 0 Å². The number of anilines is 2. The topological polar surface area (TPSA) is 103 Å². The van der Waals surface area contributed by atoms with Gasteiger partial charge in [-0.15, -0.1) is 0 Å². The molecule has 32 heavy (non-hydrogen) atoms. The van der Waals surface area contributed by atoms with Crippen molar-refractivity contribution in [3.05, 3.63) is 70.7 Å². The molecule has 3 aromatic carbocycles. The minimum Gasteiger partial charge on any atom is -0.482 e. The Morgan fingerprint density at radius 1 is 0.938 bits per heavy atom. The minimum absolute atomic E-state index is 0.0415. The molecule has 1 amide bonds. The quantitative estimate of drug-likeness (QED) is 0.499. The van der Waals surface area contributed by atoms with E-state index in [0.717, 1.165) is 0 Å². The summed E-state index contributed by atoms with van der Waals surface area (Å²) in [5, 5.41) is 3.20. The molecular weight excluding hydrogens is 479 g/mol. The number of amides is 1. The predicted octanol–water partition coefficient (Wildman–Crippen LogP) is 4.54. The first-order chi connectivity index (χ1) is 15.3. The zero-order valence-electron chi connectivity index (χ0n) is 16.3. The van der Waals surface area contributed by atoms with Crippen molar-refractivity contribution in [2.45, 2.75) is 4.90 Å². The van der Waals surface area contributed by atoms with Crippen LogP contribution in [0, 0.1) is 0 Å². The Labute approximate surface area is 194 Å². The van der Waals surface area contributed by atoms with Crippen LogP contribution in [-0.4, -0.2) is 27.7 Å². The number of hydrogen-bond donors (Lipinski definition) is 2. The first-order valence-electron chi connectivity index (χ1n) is 9.20. The van der Waals surface area contributed by atoms with Gasteiger partial charge < -0.3 is 19.5 Å². The minimum atomic E-state index is -3.88. The summed E-state index contributed by atoms with van der Waals surface area (Å²) in [4.78, 5) is 12.1. The number of hydrogen-bond acceptors (Lipinski definition) is 6. The molecule has 0 aromatic heterocycles. The van der Waals surface area contributed by atoms with Crippen molar-refractivity contribution in [3.63, 3.8) is 0 Å². The summed E-state index contributed by atoms with van der Waals surface area (Å²) in [6.07, 6.45) is 0. The summed E-state index contributed by atoms with van der Waals surface area (Å²) in [6, 6.07) is 15.2. The van der Waals surface area contributed by atoms with Gasteiger partial charge >= 0.3 is 0 Å². The number of carbonyl (C=O) groups excluding carboxylic acids is 1. The van der Waals surface area contributed by atoms with E-state index in [9.17, 15) is 13.2 Å². The van der Waals surface area contributed by atoms with Gasteiger partial charge in [0.2, 0.25) is 6.79 Å². The van der Waals surface area contributed by atoms with Crippen molar-refractivity contribution in [3.8, 4) is 17.2 Å². The summed E-state index contributed by atoms with van der Waals surface area (Å²) in [5.41, 5.74) is 0.870. The lowest BCUT2D eigenvalue weighted by Crippen LogP contribution is -2.20. The maximum Gasteiger partial charge on any atom is 0.262 e. The Morgan fingerprint density at radius 3 is 2.41 bits per heavy atom. The van der Waals surface area contributed by atoms with Gasteiger partial charge in [-0.3, -0.25) is 9.52 Å². The molecule has 8 nitrogen and oxygen atoms in total. The third-order valence-corrected chi connectivity index (χ3v) is 6.25. The van der Waals surface area contributed by atoms with Gasteiger partial charge in [-0.25, -0.2) is 8.42 Å². The zero-order valence-corrected chi connectivity index (χ0v) is 18.6. The molecule has 1 aliphatic heterocycles. The molecule has 0 spiro atoms. The Bertz CT molecular complexity index is 1270. The lowest BCUT2D eigenvalue weighted by atomic mass is 10.3. The molecule has 1 heterocycles. The molecule has 2 N–H and O–H groups in total. The zero-order chi connectivity index (χ0) is 22.7. The average molecular weight is 495 g/mol. The molecule has 4 rings (SSSR count). The maximum atomic E-state index is 12.6. The third kappa shape index (κ3) is 5.18.